The topological polar surface area (TPSA) is 15.3 Å². The fraction of sp³-hybridized carbons (Fsp3) is 0.625. The van der Waals surface area contributed by atoms with Crippen molar-refractivity contribution in [1.82, 2.24) is 10.2 Å². The molecule has 1 aromatic carbocycles. The van der Waals surface area contributed by atoms with Crippen molar-refractivity contribution < 1.29 is 8.78 Å². The lowest BCUT2D eigenvalue weighted by Gasteiger charge is -2.36. The Bertz CT molecular complexity index is 464. The maximum atomic E-state index is 13.1. The van der Waals surface area contributed by atoms with Crippen molar-refractivity contribution in [2.75, 3.05) is 13.6 Å². The monoisotopic (exact) mass is 280 g/mol. The fourth-order valence-electron chi connectivity index (χ4n) is 3.76. The third kappa shape index (κ3) is 2.86. The first-order valence-corrected chi connectivity index (χ1v) is 7.50. The molecule has 20 heavy (non-hydrogen) atoms. The average molecular weight is 280 g/mol. The van der Waals surface area contributed by atoms with Gasteiger partial charge in [-0.2, -0.15) is 0 Å². The fourth-order valence-corrected chi connectivity index (χ4v) is 3.76. The van der Waals surface area contributed by atoms with Crippen LogP contribution in [0.4, 0.5) is 8.78 Å². The molecule has 2 aliphatic rings. The molecule has 0 aromatic heterocycles. The highest BCUT2D eigenvalue weighted by atomic mass is 19.2. The van der Waals surface area contributed by atoms with Crippen LogP contribution in [0.5, 0.6) is 0 Å². The summed E-state index contributed by atoms with van der Waals surface area (Å²) in [7, 11) is 2.24. The van der Waals surface area contributed by atoms with Crippen LogP contribution in [-0.4, -0.2) is 30.6 Å². The van der Waals surface area contributed by atoms with Crippen LogP contribution in [0, 0.1) is 17.6 Å². The van der Waals surface area contributed by atoms with Gasteiger partial charge in [-0.25, -0.2) is 8.78 Å². The first-order valence-electron chi connectivity index (χ1n) is 7.50. The van der Waals surface area contributed by atoms with Crippen molar-refractivity contribution in [3.8, 4) is 0 Å². The van der Waals surface area contributed by atoms with Crippen molar-refractivity contribution in [2.24, 2.45) is 5.92 Å². The van der Waals surface area contributed by atoms with E-state index >= 15 is 0 Å². The van der Waals surface area contributed by atoms with E-state index in [1.54, 1.807) is 6.07 Å². The lowest BCUT2D eigenvalue weighted by Crippen LogP contribution is -2.42. The molecule has 0 aliphatic carbocycles. The van der Waals surface area contributed by atoms with E-state index in [-0.39, 0.29) is 0 Å². The van der Waals surface area contributed by atoms with Gasteiger partial charge in [-0.15, -0.1) is 0 Å². The molecule has 0 saturated carbocycles. The summed E-state index contributed by atoms with van der Waals surface area (Å²) in [6.07, 6.45) is 5.19. The van der Waals surface area contributed by atoms with Crippen molar-refractivity contribution in [3.63, 3.8) is 0 Å². The molecule has 2 fully saturated rings. The average Bonchev–Trinajstić information content (AvgIpc) is 2.65. The number of nitrogens with zero attached hydrogens (tertiary/aromatic N) is 1. The van der Waals surface area contributed by atoms with E-state index in [0.29, 0.717) is 12.5 Å². The van der Waals surface area contributed by atoms with Crippen molar-refractivity contribution in [3.05, 3.63) is 35.4 Å². The summed E-state index contributed by atoms with van der Waals surface area (Å²) in [5.74, 6) is -0.823. The largest absolute Gasteiger partial charge is 0.312 e. The minimum Gasteiger partial charge on any atom is -0.312 e. The highest BCUT2D eigenvalue weighted by Gasteiger charge is 2.37. The number of benzene rings is 1. The van der Waals surface area contributed by atoms with E-state index < -0.39 is 11.6 Å². The Morgan fingerprint density at radius 1 is 1.15 bits per heavy atom. The van der Waals surface area contributed by atoms with Crippen LogP contribution in [0.3, 0.4) is 0 Å². The highest BCUT2D eigenvalue weighted by molar-refractivity contribution is 5.17. The molecule has 2 saturated heterocycles. The zero-order chi connectivity index (χ0) is 14.1. The van der Waals surface area contributed by atoms with E-state index in [2.05, 4.69) is 17.3 Å². The van der Waals surface area contributed by atoms with E-state index in [1.807, 2.05) is 0 Å². The Hall–Kier alpha value is -1.00. The van der Waals surface area contributed by atoms with Crippen LogP contribution in [0.25, 0.3) is 0 Å². The van der Waals surface area contributed by atoms with E-state index in [9.17, 15) is 8.78 Å². The molecule has 0 spiro atoms. The summed E-state index contributed by atoms with van der Waals surface area (Å²) in [6.45, 7) is 1.58. The van der Waals surface area contributed by atoms with Crippen LogP contribution in [-0.2, 0) is 6.54 Å². The summed E-state index contributed by atoms with van der Waals surface area (Å²) in [4.78, 5) is 2.53. The molecule has 110 valence electrons. The maximum absolute atomic E-state index is 13.1. The molecule has 2 atom stereocenters. The Kier molecular flexibility index (Phi) is 4.03. The van der Waals surface area contributed by atoms with E-state index in [0.717, 1.165) is 24.2 Å². The van der Waals surface area contributed by atoms with Crippen LogP contribution in [0.1, 0.15) is 31.2 Å². The Morgan fingerprint density at radius 3 is 2.50 bits per heavy atom. The van der Waals surface area contributed by atoms with E-state index in [1.165, 1.54) is 37.8 Å². The number of fused-ring (bicyclic) bond motifs is 2. The summed E-state index contributed by atoms with van der Waals surface area (Å²) in [6, 6.07) is 5.62. The van der Waals surface area contributed by atoms with Crippen LogP contribution < -0.4 is 5.32 Å². The van der Waals surface area contributed by atoms with Crippen LogP contribution in [0.2, 0.25) is 0 Å². The van der Waals surface area contributed by atoms with Gasteiger partial charge in [-0.05, 0) is 62.9 Å². The van der Waals surface area contributed by atoms with Gasteiger partial charge in [0.15, 0.2) is 11.6 Å². The molecular formula is C16H22F2N2. The third-order valence-electron chi connectivity index (χ3n) is 4.94. The molecule has 3 rings (SSSR count). The zero-order valence-corrected chi connectivity index (χ0v) is 11.9. The van der Waals surface area contributed by atoms with Gasteiger partial charge in [0.05, 0.1) is 0 Å². The summed E-state index contributed by atoms with van der Waals surface area (Å²) >= 11 is 0. The smallest absolute Gasteiger partial charge is 0.159 e. The SMILES string of the molecule is CN1C2CCC1CC(CNCc1ccc(F)c(F)c1)C2. The van der Waals surface area contributed by atoms with Gasteiger partial charge in [-0.1, -0.05) is 6.07 Å². The number of nitrogens with one attached hydrogen (secondary N) is 1. The van der Waals surface area contributed by atoms with Gasteiger partial charge in [0, 0.05) is 18.6 Å². The Morgan fingerprint density at radius 2 is 1.85 bits per heavy atom. The van der Waals surface area contributed by atoms with Crippen molar-refractivity contribution in [1.29, 1.82) is 0 Å². The summed E-state index contributed by atoms with van der Waals surface area (Å²) < 4.78 is 25.9. The van der Waals surface area contributed by atoms with Crippen LogP contribution >= 0.6 is 0 Å². The lowest BCUT2D eigenvalue weighted by molar-refractivity contribution is 0.133. The first kappa shape index (κ1) is 14.0. The minimum atomic E-state index is -0.777. The number of rotatable bonds is 4. The van der Waals surface area contributed by atoms with Crippen molar-refractivity contribution in [2.45, 2.75) is 44.3 Å². The normalized spacial score (nSPS) is 29.9. The molecule has 0 amide bonds. The van der Waals surface area contributed by atoms with E-state index in [4.69, 9.17) is 0 Å². The minimum absolute atomic E-state index is 0.610. The number of piperidine rings is 1. The Labute approximate surface area is 119 Å². The second-order valence-corrected chi connectivity index (χ2v) is 6.27. The molecular weight excluding hydrogens is 258 g/mol. The molecule has 1 aromatic rings. The van der Waals surface area contributed by atoms with Gasteiger partial charge in [0.25, 0.3) is 0 Å². The van der Waals surface area contributed by atoms with Gasteiger partial charge in [0.2, 0.25) is 0 Å². The Balaban J connectivity index is 1.47. The predicted octanol–water partition coefficient (Wildman–Crippen LogP) is 2.93. The number of halogens is 2. The predicted molar refractivity (Wildman–Crippen MR) is 75.4 cm³/mol. The lowest BCUT2D eigenvalue weighted by atomic mass is 9.91. The van der Waals surface area contributed by atoms with Gasteiger partial charge in [0.1, 0.15) is 0 Å². The maximum Gasteiger partial charge on any atom is 0.159 e. The van der Waals surface area contributed by atoms with Crippen LogP contribution in [0.15, 0.2) is 18.2 Å². The molecule has 2 unspecified atom stereocenters. The second-order valence-electron chi connectivity index (χ2n) is 6.27. The molecule has 2 nitrogen and oxygen atoms in total. The third-order valence-corrected chi connectivity index (χ3v) is 4.94. The highest BCUT2D eigenvalue weighted by Crippen LogP contribution is 2.36. The van der Waals surface area contributed by atoms with Crippen molar-refractivity contribution >= 4 is 0 Å². The van der Waals surface area contributed by atoms with Gasteiger partial charge >= 0.3 is 0 Å². The quantitative estimate of drug-likeness (QED) is 0.912. The molecule has 4 heteroatoms. The number of hydrogen-bond acceptors (Lipinski definition) is 2. The standard InChI is InChI=1S/C16H22F2N2/c1-20-13-3-4-14(20)7-12(6-13)10-19-9-11-2-5-15(17)16(18)8-11/h2,5,8,12-14,19H,3-4,6-7,9-10H2,1H3. The molecule has 1 N–H and O–H groups in total. The first-order chi connectivity index (χ1) is 9.63. The zero-order valence-electron chi connectivity index (χ0n) is 11.9. The summed E-state index contributed by atoms with van der Waals surface area (Å²) in [5, 5.41) is 3.39. The second kappa shape index (κ2) is 5.78. The molecule has 2 bridgehead atoms. The number of hydrogen-bond donors (Lipinski definition) is 1. The van der Waals surface area contributed by atoms with Gasteiger partial charge in [-0.3, -0.25) is 0 Å². The molecule has 0 radical (unpaired) electrons. The van der Waals surface area contributed by atoms with Gasteiger partial charge < -0.3 is 10.2 Å². The summed E-state index contributed by atoms with van der Waals surface area (Å²) in [5.41, 5.74) is 0.805. The molecule has 2 aliphatic heterocycles. The molecule has 2 heterocycles.